The normalized spacial score (nSPS) is 17.6. The number of alkyl halides is 2. The molecule has 152 valence electrons. The minimum absolute atomic E-state index is 0. The molecule has 28 heavy (non-hydrogen) atoms. The molecule has 10 heteroatoms. The second kappa shape index (κ2) is 8.66. The van der Waals surface area contributed by atoms with Crippen molar-refractivity contribution in [2.75, 3.05) is 18.5 Å². The summed E-state index contributed by atoms with van der Waals surface area (Å²) in [4.78, 5) is 24.1. The Kier molecular flexibility index (Phi) is 6.73. The van der Waals surface area contributed by atoms with Crippen molar-refractivity contribution in [3.8, 4) is 5.69 Å². The molecule has 1 atom stereocenters. The van der Waals surface area contributed by atoms with Crippen molar-refractivity contribution < 1.29 is 23.1 Å². The summed E-state index contributed by atoms with van der Waals surface area (Å²) in [5.41, 5.74) is 2.00. The summed E-state index contributed by atoms with van der Waals surface area (Å²) in [7, 11) is 0. The van der Waals surface area contributed by atoms with Gasteiger partial charge in [0, 0.05) is 12.1 Å². The van der Waals surface area contributed by atoms with Gasteiger partial charge < -0.3 is 10.1 Å². The van der Waals surface area contributed by atoms with Gasteiger partial charge in [0.15, 0.2) is 0 Å². The summed E-state index contributed by atoms with van der Waals surface area (Å²) >= 11 is 0. The number of rotatable bonds is 5. The number of carbonyl (C=O) groups is 2. The predicted molar refractivity (Wildman–Crippen MR) is 101 cm³/mol. The van der Waals surface area contributed by atoms with E-state index in [0.717, 1.165) is 0 Å². The Morgan fingerprint density at radius 1 is 1.43 bits per heavy atom. The first-order valence-electron chi connectivity index (χ1n) is 8.55. The lowest BCUT2D eigenvalue weighted by molar-refractivity contribution is -0.118. The highest BCUT2D eigenvalue weighted by Gasteiger charge is 2.42. The Labute approximate surface area is 166 Å². The van der Waals surface area contributed by atoms with Crippen molar-refractivity contribution >= 4 is 30.0 Å². The highest BCUT2D eigenvalue weighted by Crippen LogP contribution is 2.26. The quantitative estimate of drug-likeness (QED) is 0.735. The summed E-state index contributed by atoms with van der Waals surface area (Å²) in [5.74, 6) is -3.85. The molecule has 0 spiro atoms. The largest absolute Gasteiger partial charge is 0.462 e. The van der Waals surface area contributed by atoms with Crippen molar-refractivity contribution in [3.05, 3.63) is 41.7 Å². The highest BCUT2D eigenvalue weighted by molar-refractivity contribution is 5.95. The molecule has 0 radical (unpaired) electrons. The Hall–Kier alpha value is -2.52. The lowest BCUT2D eigenvalue weighted by atomic mass is 10.1. The summed E-state index contributed by atoms with van der Waals surface area (Å²) < 4.78 is 33.0. The van der Waals surface area contributed by atoms with Gasteiger partial charge in [-0.1, -0.05) is 6.07 Å². The fourth-order valence-electron chi connectivity index (χ4n) is 2.92. The third-order valence-corrected chi connectivity index (χ3v) is 4.29. The van der Waals surface area contributed by atoms with Crippen molar-refractivity contribution in [1.82, 2.24) is 15.1 Å². The van der Waals surface area contributed by atoms with Gasteiger partial charge in [-0.05, 0) is 32.0 Å². The number of hydrogen-bond acceptors (Lipinski definition) is 5. The van der Waals surface area contributed by atoms with Gasteiger partial charge >= 0.3 is 5.97 Å². The lowest BCUT2D eigenvalue weighted by Crippen LogP contribution is -2.35. The Morgan fingerprint density at radius 2 is 2.18 bits per heavy atom. The van der Waals surface area contributed by atoms with Gasteiger partial charge in [-0.25, -0.2) is 18.3 Å². The standard InChI is InChI=1S/C18H20F2N4O3.ClH/c1-3-27-17(26)14-9-22-24(11(14)2)13-6-4-5-12(7-13)23-16(25)15-8-18(19,20)10-21-15;/h4-7,9,15,21H,3,8,10H2,1-2H3,(H,23,25);1H. The van der Waals surface area contributed by atoms with E-state index in [1.165, 1.54) is 6.20 Å². The van der Waals surface area contributed by atoms with Crippen LogP contribution >= 0.6 is 12.4 Å². The van der Waals surface area contributed by atoms with E-state index in [1.54, 1.807) is 42.8 Å². The fourth-order valence-corrected chi connectivity index (χ4v) is 2.92. The molecule has 1 aliphatic rings. The van der Waals surface area contributed by atoms with E-state index in [4.69, 9.17) is 4.74 Å². The third-order valence-electron chi connectivity index (χ3n) is 4.29. The number of nitrogens with one attached hydrogen (secondary N) is 2. The zero-order valence-electron chi connectivity index (χ0n) is 15.4. The Morgan fingerprint density at radius 3 is 2.82 bits per heavy atom. The average molecular weight is 415 g/mol. The predicted octanol–water partition coefficient (Wildman–Crippen LogP) is 2.71. The second-order valence-electron chi connectivity index (χ2n) is 6.31. The zero-order valence-corrected chi connectivity index (χ0v) is 16.2. The topological polar surface area (TPSA) is 85.2 Å². The molecule has 2 N–H and O–H groups in total. The molecular weight excluding hydrogens is 394 g/mol. The number of hydrogen-bond donors (Lipinski definition) is 2. The van der Waals surface area contributed by atoms with Crippen LogP contribution < -0.4 is 10.6 Å². The maximum Gasteiger partial charge on any atom is 0.341 e. The van der Waals surface area contributed by atoms with Crippen LogP contribution in [0.15, 0.2) is 30.5 Å². The molecule has 2 heterocycles. The molecular formula is C18H21ClF2N4O3. The van der Waals surface area contributed by atoms with Crippen molar-refractivity contribution in [2.45, 2.75) is 32.2 Å². The SMILES string of the molecule is CCOC(=O)c1cnn(-c2cccc(NC(=O)C3CC(F)(F)CN3)c2)c1C.Cl. The second-order valence-corrected chi connectivity index (χ2v) is 6.31. The lowest BCUT2D eigenvalue weighted by Gasteiger charge is -2.12. The number of esters is 1. The summed E-state index contributed by atoms with van der Waals surface area (Å²) in [6.07, 6.45) is 0.892. The van der Waals surface area contributed by atoms with Gasteiger partial charge in [0.05, 0.1) is 36.8 Å². The molecule has 3 rings (SSSR count). The molecule has 1 aromatic carbocycles. The van der Waals surface area contributed by atoms with Gasteiger partial charge in [0.1, 0.15) is 5.56 Å². The number of amides is 1. The molecule has 1 amide bonds. The number of halogens is 3. The highest BCUT2D eigenvalue weighted by atomic mass is 35.5. The minimum Gasteiger partial charge on any atom is -0.462 e. The molecule has 1 fully saturated rings. The van der Waals surface area contributed by atoms with Crippen LogP contribution in [-0.2, 0) is 9.53 Å². The zero-order chi connectivity index (χ0) is 19.6. The van der Waals surface area contributed by atoms with Crippen LogP contribution in [-0.4, -0.2) is 46.8 Å². The fraction of sp³-hybridized carbons (Fsp3) is 0.389. The first kappa shape index (κ1) is 21.8. The van der Waals surface area contributed by atoms with E-state index in [1.807, 2.05) is 0 Å². The van der Waals surface area contributed by atoms with Crippen LogP contribution in [0.2, 0.25) is 0 Å². The van der Waals surface area contributed by atoms with E-state index >= 15 is 0 Å². The number of anilines is 1. The first-order chi connectivity index (χ1) is 12.8. The number of benzene rings is 1. The third kappa shape index (κ3) is 4.66. The number of aromatic nitrogens is 2. The number of nitrogens with zero attached hydrogens (tertiary/aromatic N) is 2. The molecule has 1 aromatic heterocycles. The first-order valence-corrected chi connectivity index (χ1v) is 8.55. The van der Waals surface area contributed by atoms with Gasteiger partial charge in [0.2, 0.25) is 5.91 Å². The van der Waals surface area contributed by atoms with Crippen LogP contribution in [0.3, 0.4) is 0 Å². The van der Waals surface area contributed by atoms with E-state index < -0.39 is 36.8 Å². The number of carbonyl (C=O) groups excluding carboxylic acids is 2. The van der Waals surface area contributed by atoms with Crippen molar-refractivity contribution in [1.29, 1.82) is 0 Å². The number of ether oxygens (including phenoxy) is 1. The van der Waals surface area contributed by atoms with Gasteiger partial charge in [-0.3, -0.25) is 10.1 Å². The van der Waals surface area contributed by atoms with E-state index in [-0.39, 0.29) is 19.0 Å². The summed E-state index contributed by atoms with van der Waals surface area (Å²) in [6.45, 7) is 3.21. The van der Waals surface area contributed by atoms with E-state index in [2.05, 4.69) is 15.7 Å². The maximum atomic E-state index is 13.3. The van der Waals surface area contributed by atoms with Gasteiger partial charge in [-0.2, -0.15) is 5.10 Å². The monoisotopic (exact) mass is 414 g/mol. The Bertz CT molecular complexity index is 872. The van der Waals surface area contributed by atoms with Crippen molar-refractivity contribution in [3.63, 3.8) is 0 Å². The smallest absolute Gasteiger partial charge is 0.341 e. The van der Waals surface area contributed by atoms with Crippen LogP contribution in [0.1, 0.15) is 29.4 Å². The van der Waals surface area contributed by atoms with Crippen LogP contribution in [0.4, 0.5) is 14.5 Å². The molecule has 2 aromatic rings. The average Bonchev–Trinajstić information content (AvgIpc) is 3.17. The van der Waals surface area contributed by atoms with E-state index in [0.29, 0.717) is 22.6 Å². The minimum atomic E-state index is -2.88. The van der Waals surface area contributed by atoms with Crippen LogP contribution in [0.25, 0.3) is 5.69 Å². The van der Waals surface area contributed by atoms with Gasteiger partial charge in [0.25, 0.3) is 5.92 Å². The molecule has 0 saturated carbocycles. The molecule has 0 bridgehead atoms. The molecule has 0 aliphatic carbocycles. The van der Waals surface area contributed by atoms with Crippen LogP contribution in [0, 0.1) is 6.92 Å². The summed E-state index contributed by atoms with van der Waals surface area (Å²) in [5, 5.41) is 9.35. The Balaban J connectivity index is 0.00000280. The van der Waals surface area contributed by atoms with E-state index in [9.17, 15) is 18.4 Å². The van der Waals surface area contributed by atoms with Gasteiger partial charge in [-0.15, -0.1) is 12.4 Å². The molecule has 7 nitrogen and oxygen atoms in total. The summed E-state index contributed by atoms with van der Waals surface area (Å²) in [6, 6.07) is 5.82. The molecule has 1 saturated heterocycles. The van der Waals surface area contributed by atoms with Crippen molar-refractivity contribution in [2.24, 2.45) is 0 Å². The molecule has 1 unspecified atom stereocenters. The molecule has 1 aliphatic heterocycles. The van der Waals surface area contributed by atoms with Crippen LogP contribution in [0.5, 0.6) is 0 Å². The maximum absolute atomic E-state index is 13.3.